The normalized spacial score (nSPS) is 18.9. The first-order chi connectivity index (χ1) is 15.2. The monoisotopic (exact) mass is 415 g/mol. The summed E-state index contributed by atoms with van der Waals surface area (Å²) in [6.07, 6.45) is 6.25. The number of nitrogens with zero attached hydrogens (tertiary/aromatic N) is 4. The van der Waals surface area contributed by atoms with E-state index in [1.165, 1.54) is 53.7 Å². The highest BCUT2D eigenvalue weighted by atomic mass is 16.5. The van der Waals surface area contributed by atoms with E-state index in [1.54, 1.807) is 6.33 Å². The predicted octanol–water partition coefficient (Wildman–Crippen LogP) is 4.58. The Bertz CT molecular complexity index is 1230. The van der Waals surface area contributed by atoms with Gasteiger partial charge in [-0.25, -0.2) is 0 Å². The first-order valence-electron chi connectivity index (χ1n) is 11.4. The maximum atomic E-state index is 5.39. The minimum absolute atomic E-state index is 0.425. The summed E-state index contributed by atoms with van der Waals surface area (Å²) >= 11 is 0. The Morgan fingerprint density at radius 2 is 1.94 bits per heavy atom. The lowest BCUT2D eigenvalue weighted by atomic mass is 9.87. The van der Waals surface area contributed by atoms with Gasteiger partial charge in [-0.1, -0.05) is 19.9 Å². The third-order valence-electron chi connectivity index (χ3n) is 7.17. The Kier molecular flexibility index (Phi) is 4.58. The van der Waals surface area contributed by atoms with E-state index in [2.05, 4.69) is 64.3 Å². The zero-order valence-electron chi connectivity index (χ0n) is 18.2. The van der Waals surface area contributed by atoms with E-state index in [-0.39, 0.29) is 0 Å². The summed E-state index contributed by atoms with van der Waals surface area (Å²) in [7, 11) is 0. The molecule has 2 fully saturated rings. The lowest BCUT2D eigenvalue weighted by molar-refractivity contribution is -0.0712. The molecular formula is C25H29N5O. The molecule has 3 aromatic heterocycles. The SMILES string of the molecule is CC(C)c1c(-c2ccn3cnnc3c2)[nH]c2ccc(C3CCN(C4COC4)CC3)cc12. The Morgan fingerprint density at radius 1 is 1.10 bits per heavy atom. The van der Waals surface area contributed by atoms with E-state index >= 15 is 0 Å². The molecule has 0 saturated carbocycles. The zero-order valence-corrected chi connectivity index (χ0v) is 18.2. The molecule has 2 saturated heterocycles. The van der Waals surface area contributed by atoms with Crippen LogP contribution in [0.3, 0.4) is 0 Å². The summed E-state index contributed by atoms with van der Waals surface area (Å²) < 4.78 is 7.33. The molecule has 0 atom stereocenters. The standard InChI is InChI=1S/C25H29N5O/c1-16(2)24-21-11-18(17-5-8-29(9-6-17)20-13-31-14-20)3-4-22(21)27-25(24)19-7-10-30-15-26-28-23(30)12-19/h3-4,7,10-12,15-17,20,27H,5-6,8-9,13-14H2,1-2H3. The van der Waals surface area contributed by atoms with E-state index in [1.807, 2.05) is 10.6 Å². The molecule has 0 spiro atoms. The van der Waals surface area contributed by atoms with Crippen molar-refractivity contribution in [2.24, 2.45) is 0 Å². The fourth-order valence-electron chi connectivity index (χ4n) is 5.32. The smallest absolute Gasteiger partial charge is 0.161 e. The minimum atomic E-state index is 0.425. The van der Waals surface area contributed by atoms with E-state index in [0.717, 1.165) is 24.4 Å². The molecule has 5 heterocycles. The topological polar surface area (TPSA) is 58.5 Å². The number of H-pyrrole nitrogens is 1. The molecular weight excluding hydrogens is 386 g/mol. The maximum absolute atomic E-state index is 5.39. The second kappa shape index (κ2) is 7.46. The highest BCUT2D eigenvalue weighted by Crippen LogP contribution is 2.38. The molecule has 0 aliphatic carbocycles. The number of fused-ring (bicyclic) bond motifs is 2. The van der Waals surface area contributed by atoms with Gasteiger partial charge in [-0.3, -0.25) is 9.30 Å². The summed E-state index contributed by atoms with van der Waals surface area (Å²) in [6, 6.07) is 12.0. The van der Waals surface area contributed by atoms with Gasteiger partial charge in [0.05, 0.1) is 24.9 Å². The fourth-order valence-corrected chi connectivity index (χ4v) is 5.32. The van der Waals surface area contributed by atoms with Crippen LogP contribution in [0.15, 0.2) is 42.9 Å². The maximum Gasteiger partial charge on any atom is 0.161 e. The van der Waals surface area contributed by atoms with Crippen LogP contribution in [0.5, 0.6) is 0 Å². The van der Waals surface area contributed by atoms with E-state index in [4.69, 9.17) is 4.74 Å². The van der Waals surface area contributed by atoms with Gasteiger partial charge < -0.3 is 9.72 Å². The van der Waals surface area contributed by atoms with E-state index in [0.29, 0.717) is 17.9 Å². The largest absolute Gasteiger partial charge is 0.378 e. The molecule has 31 heavy (non-hydrogen) atoms. The number of hydrogen-bond acceptors (Lipinski definition) is 4. The van der Waals surface area contributed by atoms with Crippen LogP contribution < -0.4 is 0 Å². The summed E-state index contributed by atoms with van der Waals surface area (Å²) in [4.78, 5) is 6.32. The van der Waals surface area contributed by atoms with Gasteiger partial charge in [0.2, 0.25) is 0 Å². The van der Waals surface area contributed by atoms with Gasteiger partial charge in [-0.05, 0) is 73.2 Å². The minimum Gasteiger partial charge on any atom is -0.378 e. The van der Waals surface area contributed by atoms with Crippen LogP contribution in [-0.4, -0.2) is 56.8 Å². The van der Waals surface area contributed by atoms with Crippen molar-refractivity contribution < 1.29 is 4.74 Å². The molecule has 4 aromatic rings. The molecule has 2 aliphatic heterocycles. The summed E-state index contributed by atoms with van der Waals surface area (Å²) in [6.45, 7) is 8.78. The third-order valence-corrected chi connectivity index (χ3v) is 7.17. The Morgan fingerprint density at radius 3 is 2.68 bits per heavy atom. The van der Waals surface area contributed by atoms with Crippen molar-refractivity contribution in [3.8, 4) is 11.3 Å². The molecule has 1 aromatic carbocycles. The van der Waals surface area contributed by atoms with Crippen LogP contribution in [0.25, 0.3) is 27.8 Å². The molecule has 2 aliphatic rings. The van der Waals surface area contributed by atoms with Gasteiger partial charge in [-0.15, -0.1) is 10.2 Å². The van der Waals surface area contributed by atoms with Crippen molar-refractivity contribution in [3.63, 3.8) is 0 Å². The highest BCUT2D eigenvalue weighted by Gasteiger charge is 2.30. The molecule has 0 bridgehead atoms. The van der Waals surface area contributed by atoms with Crippen molar-refractivity contribution in [1.29, 1.82) is 0 Å². The molecule has 6 nitrogen and oxygen atoms in total. The average Bonchev–Trinajstić information content (AvgIpc) is 3.36. The van der Waals surface area contributed by atoms with E-state index in [9.17, 15) is 0 Å². The number of likely N-dealkylation sites (tertiary alicyclic amines) is 1. The van der Waals surface area contributed by atoms with Gasteiger partial charge >= 0.3 is 0 Å². The molecule has 160 valence electrons. The van der Waals surface area contributed by atoms with Crippen molar-refractivity contribution in [2.75, 3.05) is 26.3 Å². The Balaban J connectivity index is 1.35. The third kappa shape index (κ3) is 3.25. The first kappa shape index (κ1) is 19.0. The number of benzene rings is 1. The summed E-state index contributed by atoms with van der Waals surface area (Å²) in [5.74, 6) is 1.07. The molecule has 6 rings (SSSR count). The summed E-state index contributed by atoms with van der Waals surface area (Å²) in [5.41, 5.74) is 7.33. The fraction of sp³-hybridized carbons (Fsp3) is 0.440. The Hall–Kier alpha value is -2.70. The molecule has 6 heteroatoms. The number of piperidine rings is 1. The number of rotatable bonds is 4. The van der Waals surface area contributed by atoms with Crippen LogP contribution >= 0.6 is 0 Å². The lowest BCUT2D eigenvalue weighted by Crippen LogP contribution is -2.51. The number of aromatic nitrogens is 4. The zero-order chi connectivity index (χ0) is 20.9. The van der Waals surface area contributed by atoms with Crippen molar-refractivity contribution in [1.82, 2.24) is 24.5 Å². The van der Waals surface area contributed by atoms with Gasteiger partial charge in [0.25, 0.3) is 0 Å². The van der Waals surface area contributed by atoms with Crippen LogP contribution in [0.2, 0.25) is 0 Å². The predicted molar refractivity (Wildman–Crippen MR) is 123 cm³/mol. The number of pyridine rings is 1. The quantitative estimate of drug-likeness (QED) is 0.530. The molecule has 1 N–H and O–H groups in total. The molecule has 0 amide bonds. The first-order valence-corrected chi connectivity index (χ1v) is 11.4. The van der Waals surface area contributed by atoms with Gasteiger partial charge in [0.1, 0.15) is 6.33 Å². The Labute approximate surface area is 182 Å². The van der Waals surface area contributed by atoms with E-state index < -0.39 is 0 Å². The number of aromatic amines is 1. The van der Waals surface area contributed by atoms with Gasteiger partial charge in [-0.2, -0.15) is 0 Å². The van der Waals surface area contributed by atoms with Gasteiger partial charge in [0, 0.05) is 22.7 Å². The molecule has 0 unspecified atom stereocenters. The second-order valence-electron chi connectivity index (χ2n) is 9.39. The van der Waals surface area contributed by atoms with Crippen molar-refractivity contribution >= 4 is 16.6 Å². The van der Waals surface area contributed by atoms with Crippen LogP contribution in [0.4, 0.5) is 0 Å². The van der Waals surface area contributed by atoms with Crippen LogP contribution in [0, 0.1) is 0 Å². The number of hydrogen-bond donors (Lipinski definition) is 1. The van der Waals surface area contributed by atoms with Crippen molar-refractivity contribution in [2.45, 2.75) is 44.6 Å². The number of ether oxygens (including phenoxy) is 1. The second-order valence-corrected chi connectivity index (χ2v) is 9.39. The molecule has 0 radical (unpaired) electrons. The lowest BCUT2D eigenvalue weighted by Gasteiger charge is -2.41. The van der Waals surface area contributed by atoms with Gasteiger partial charge in [0.15, 0.2) is 5.65 Å². The highest BCUT2D eigenvalue weighted by molar-refractivity contribution is 5.92. The van der Waals surface area contributed by atoms with Crippen LogP contribution in [0.1, 0.15) is 49.7 Å². The van der Waals surface area contributed by atoms with Crippen LogP contribution in [-0.2, 0) is 4.74 Å². The summed E-state index contributed by atoms with van der Waals surface area (Å²) in [5, 5.41) is 9.60. The number of nitrogens with one attached hydrogen (secondary N) is 1. The van der Waals surface area contributed by atoms with Crippen molar-refractivity contribution in [3.05, 3.63) is 54.0 Å². The average molecular weight is 416 g/mol.